The highest BCUT2D eigenvalue weighted by atomic mass is 35.5. The lowest BCUT2D eigenvalue weighted by Gasteiger charge is -2.23. The van der Waals surface area contributed by atoms with Crippen molar-refractivity contribution in [3.63, 3.8) is 0 Å². The fourth-order valence-corrected chi connectivity index (χ4v) is 2.98. The molecule has 0 amide bonds. The minimum atomic E-state index is -1.28. The second-order valence-corrected chi connectivity index (χ2v) is 8.14. The van der Waals surface area contributed by atoms with E-state index in [1.807, 2.05) is 26.8 Å². The van der Waals surface area contributed by atoms with Crippen molar-refractivity contribution in [2.45, 2.75) is 31.9 Å². The third-order valence-corrected chi connectivity index (χ3v) is 4.70. The molecule has 0 radical (unpaired) electrons. The highest BCUT2D eigenvalue weighted by Crippen LogP contribution is 2.34. The lowest BCUT2D eigenvalue weighted by atomic mass is 10.0. The Kier molecular flexibility index (Phi) is 4.35. The highest BCUT2D eigenvalue weighted by Gasteiger charge is 2.29. The average molecular weight is 319 g/mol. The molecule has 0 spiro atoms. The Labute approximate surface area is 126 Å². The second-order valence-electron chi connectivity index (χ2n) is 5.39. The molecule has 19 heavy (non-hydrogen) atoms. The van der Waals surface area contributed by atoms with Crippen molar-refractivity contribution < 1.29 is 4.55 Å². The molecule has 1 atom stereocenters. The van der Waals surface area contributed by atoms with E-state index in [0.717, 1.165) is 23.5 Å². The van der Waals surface area contributed by atoms with Gasteiger partial charge in [-0.15, -0.1) is 0 Å². The Morgan fingerprint density at radius 3 is 2.63 bits per heavy atom. The molecule has 3 nitrogen and oxygen atoms in total. The minimum Gasteiger partial charge on any atom is -0.591 e. The number of anilines is 1. The molecule has 0 aliphatic carbocycles. The van der Waals surface area contributed by atoms with Gasteiger partial charge in [-0.1, -0.05) is 27.6 Å². The summed E-state index contributed by atoms with van der Waals surface area (Å²) in [7, 11) is 0. The van der Waals surface area contributed by atoms with Crippen molar-refractivity contribution in [3.8, 4) is 0 Å². The summed E-state index contributed by atoms with van der Waals surface area (Å²) in [4.78, 5) is 0. The first kappa shape index (κ1) is 15.0. The lowest BCUT2D eigenvalue weighted by Crippen LogP contribution is -2.28. The monoisotopic (exact) mass is 318 g/mol. The quantitative estimate of drug-likeness (QED) is 0.794. The molecule has 0 fully saturated rings. The van der Waals surface area contributed by atoms with E-state index in [4.69, 9.17) is 23.2 Å². The average Bonchev–Trinajstić information content (AvgIpc) is 2.28. The van der Waals surface area contributed by atoms with E-state index in [1.54, 1.807) is 6.07 Å². The number of hydrogen-bond acceptors (Lipinski definition) is 3. The Morgan fingerprint density at radius 1 is 1.32 bits per heavy atom. The van der Waals surface area contributed by atoms with Gasteiger partial charge in [-0.2, -0.15) is 0 Å². The van der Waals surface area contributed by atoms with Crippen LogP contribution in [-0.4, -0.2) is 21.6 Å². The minimum absolute atomic E-state index is 0.375. The van der Waals surface area contributed by atoms with E-state index in [-0.39, 0.29) is 4.75 Å². The lowest BCUT2D eigenvalue weighted by molar-refractivity contribution is 0.561. The van der Waals surface area contributed by atoms with E-state index in [2.05, 4.69) is 9.71 Å². The van der Waals surface area contributed by atoms with Crippen LogP contribution in [0.15, 0.2) is 16.5 Å². The van der Waals surface area contributed by atoms with Crippen molar-refractivity contribution in [2.24, 2.45) is 4.40 Å². The van der Waals surface area contributed by atoms with Crippen molar-refractivity contribution in [1.82, 2.24) is 0 Å². The number of halogens is 2. The molecule has 1 aromatic rings. The maximum atomic E-state index is 12.1. The Bertz CT molecular complexity index is 526. The Balaban J connectivity index is 2.45. The Hall–Kier alpha value is -0.420. The van der Waals surface area contributed by atoms with Crippen molar-refractivity contribution in [2.75, 3.05) is 11.9 Å². The zero-order valence-corrected chi connectivity index (χ0v) is 13.4. The first-order chi connectivity index (χ1) is 8.79. The van der Waals surface area contributed by atoms with Crippen LogP contribution in [0.25, 0.3) is 0 Å². The second kappa shape index (κ2) is 5.52. The summed E-state index contributed by atoms with van der Waals surface area (Å²) in [6.07, 6.45) is 0.714. The molecule has 1 aromatic carbocycles. The van der Waals surface area contributed by atoms with Crippen LogP contribution in [0.3, 0.4) is 0 Å². The van der Waals surface area contributed by atoms with Crippen molar-refractivity contribution in [1.29, 1.82) is 0 Å². The summed E-state index contributed by atoms with van der Waals surface area (Å²) >= 11 is 10.9. The molecule has 0 bridgehead atoms. The van der Waals surface area contributed by atoms with Gasteiger partial charge in [-0.3, -0.25) is 0 Å². The summed E-state index contributed by atoms with van der Waals surface area (Å²) in [6.45, 7) is 6.44. The largest absolute Gasteiger partial charge is 0.591 e. The van der Waals surface area contributed by atoms with Crippen LogP contribution in [0.5, 0.6) is 0 Å². The molecule has 1 heterocycles. The molecule has 1 aliphatic rings. The van der Waals surface area contributed by atoms with Crippen LogP contribution in [0.4, 0.5) is 5.69 Å². The van der Waals surface area contributed by atoms with E-state index in [0.29, 0.717) is 16.5 Å². The maximum absolute atomic E-state index is 12.1. The molecular formula is C13H16Cl2N2OS. The smallest absolute Gasteiger partial charge is 0.144 e. The summed E-state index contributed by atoms with van der Waals surface area (Å²) in [5, 5.41) is 4.35. The predicted octanol–water partition coefficient (Wildman–Crippen LogP) is 4.06. The first-order valence-corrected chi connectivity index (χ1v) is 7.88. The fourth-order valence-electron chi connectivity index (χ4n) is 1.75. The molecule has 1 aliphatic heterocycles. The molecule has 6 heteroatoms. The van der Waals surface area contributed by atoms with Gasteiger partial charge in [0.15, 0.2) is 0 Å². The van der Waals surface area contributed by atoms with E-state index in [9.17, 15) is 4.55 Å². The van der Waals surface area contributed by atoms with Crippen molar-refractivity contribution in [3.05, 3.63) is 27.7 Å². The molecule has 0 unspecified atom stereocenters. The molecular weight excluding hydrogens is 303 g/mol. The van der Waals surface area contributed by atoms with Gasteiger partial charge in [0.25, 0.3) is 0 Å². The van der Waals surface area contributed by atoms with Gasteiger partial charge >= 0.3 is 0 Å². The van der Waals surface area contributed by atoms with E-state index < -0.39 is 11.4 Å². The highest BCUT2D eigenvalue weighted by molar-refractivity contribution is 7.91. The molecule has 0 saturated carbocycles. The predicted molar refractivity (Wildman–Crippen MR) is 84.0 cm³/mol. The van der Waals surface area contributed by atoms with Crippen LogP contribution in [-0.2, 0) is 11.4 Å². The molecule has 1 N–H and O–H groups in total. The standard InChI is InChI=1S/C13H16Cl2N2OS/c1-13(2,3)19(18)17-11-4-5-16-12-9(11)6-8(14)7-10(12)15/h6-7,16H,4-5H2,1-3H3/b17-11-/t19-/m1/s1. The van der Waals surface area contributed by atoms with Crippen molar-refractivity contribution >= 4 is 46.0 Å². The number of benzene rings is 1. The number of nitrogens with one attached hydrogen (secondary N) is 1. The summed E-state index contributed by atoms with van der Waals surface area (Å²) < 4.78 is 16.1. The first-order valence-electron chi connectivity index (χ1n) is 6.02. The third kappa shape index (κ3) is 3.37. The van der Waals surface area contributed by atoms with Gasteiger partial charge in [0.2, 0.25) is 0 Å². The number of hydrogen-bond donors (Lipinski definition) is 1. The number of nitrogens with zero attached hydrogens (tertiary/aromatic N) is 1. The van der Waals surface area contributed by atoms with Crippen LogP contribution in [0, 0.1) is 0 Å². The van der Waals surface area contributed by atoms with Crippen LogP contribution >= 0.6 is 23.2 Å². The summed E-state index contributed by atoms with van der Waals surface area (Å²) in [5.41, 5.74) is 2.47. The maximum Gasteiger partial charge on any atom is 0.144 e. The summed E-state index contributed by atoms with van der Waals surface area (Å²) in [6, 6.07) is 3.51. The Morgan fingerprint density at radius 2 is 2.00 bits per heavy atom. The molecule has 2 rings (SSSR count). The fraction of sp³-hybridized carbons (Fsp3) is 0.462. The summed E-state index contributed by atoms with van der Waals surface area (Å²) in [5.74, 6) is 0. The molecule has 0 saturated heterocycles. The van der Waals surface area contributed by atoms with Gasteiger partial charge in [-0.25, -0.2) is 0 Å². The zero-order chi connectivity index (χ0) is 14.2. The normalized spacial score (nSPS) is 18.9. The van der Waals surface area contributed by atoms with Crippen LogP contribution < -0.4 is 5.32 Å². The molecule has 0 aromatic heterocycles. The van der Waals surface area contributed by atoms with Gasteiger partial charge in [0.05, 0.1) is 10.7 Å². The zero-order valence-electron chi connectivity index (χ0n) is 11.1. The van der Waals surface area contributed by atoms with Crippen LogP contribution in [0.2, 0.25) is 10.0 Å². The SMILES string of the molecule is CC(C)(C)[S@@+]([O-])/N=C1/CCNc2c(Cl)cc(Cl)cc21. The van der Waals surface area contributed by atoms with E-state index in [1.165, 1.54) is 0 Å². The third-order valence-electron chi connectivity index (χ3n) is 2.75. The van der Waals surface area contributed by atoms with Gasteiger partial charge in [-0.05, 0) is 32.9 Å². The number of rotatable bonds is 1. The number of fused-ring (bicyclic) bond motifs is 1. The van der Waals surface area contributed by atoms with Gasteiger partial charge in [0.1, 0.15) is 21.8 Å². The van der Waals surface area contributed by atoms with E-state index >= 15 is 0 Å². The molecule has 104 valence electrons. The van der Waals surface area contributed by atoms with Gasteiger partial charge < -0.3 is 9.87 Å². The topological polar surface area (TPSA) is 47.5 Å². The van der Waals surface area contributed by atoms with Gasteiger partial charge in [0, 0.05) is 23.6 Å². The van der Waals surface area contributed by atoms with Crippen LogP contribution in [0.1, 0.15) is 32.8 Å².